The molecule has 0 aliphatic carbocycles. The van der Waals surface area contributed by atoms with Gasteiger partial charge in [0.1, 0.15) is 0 Å². The van der Waals surface area contributed by atoms with E-state index in [1.807, 2.05) is 17.5 Å². The van der Waals surface area contributed by atoms with Crippen LogP contribution in [0.2, 0.25) is 0 Å². The fourth-order valence-electron chi connectivity index (χ4n) is 2.70. The quantitative estimate of drug-likeness (QED) is 0.915. The molecule has 1 aromatic heterocycles. The minimum absolute atomic E-state index is 0.00140. The smallest absolute Gasteiger partial charge is 0.261 e. The number of carbonyl (C=O) groups excluding carboxylic acids is 1. The number of nitrogens with one attached hydrogen (secondary N) is 1. The monoisotopic (exact) mass is 329 g/mol. The highest BCUT2D eigenvalue weighted by Gasteiger charge is 2.13. The normalized spacial score (nSPS) is 16.4. The van der Waals surface area contributed by atoms with E-state index >= 15 is 0 Å². The van der Waals surface area contributed by atoms with Crippen molar-refractivity contribution in [3.63, 3.8) is 0 Å². The highest BCUT2D eigenvalue weighted by atomic mass is 32.1. The van der Waals surface area contributed by atoms with Gasteiger partial charge in [-0.05, 0) is 29.6 Å². The van der Waals surface area contributed by atoms with Crippen LogP contribution in [0, 0.1) is 0 Å². The summed E-state index contributed by atoms with van der Waals surface area (Å²) in [6.07, 6.45) is 0. The summed E-state index contributed by atoms with van der Waals surface area (Å²) in [6, 6.07) is 12.3. The predicted octanol–water partition coefficient (Wildman–Crippen LogP) is 2.43. The lowest BCUT2D eigenvalue weighted by molar-refractivity contribution is 0.0955. The molecule has 0 bridgehead atoms. The van der Waals surface area contributed by atoms with Crippen LogP contribution < -0.4 is 5.32 Å². The summed E-state index contributed by atoms with van der Waals surface area (Å²) < 4.78 is 0. The van der Waals surface area contributed by atoms with Gasteiger partial charge >= 0.3 is 0 Å². The summed E-state index contributed by atoms with van der Waals surface area (Å²) in [5, 5.41) is 4.88. The van der Waals surface area contributed by atoms with Crippen LogP contribution >= 0.6 is 11.3 Å². The van der Waals surface area contributed by atoms with Gasteiger partial charge in [-0.1, -0.05) is 30.3 Å². The summed E-state index contributed by atoms with van der Waals surface area (Å²) in [6.45, 7) is 6.14. The van der Waals surface area contributed by atoms with Gasteiger partial charge in [0, 0.05) is 39.3 Å². The van der Waals surface area contributed by atoms with E-state index in [0.717, 1.165) is 43.2 Å². The molecule has 1 amide bonds. The van der Waals surface area contributed by atoms with E-state index < -0.39 is 0 Å². The maximum absolute atomic E-state index is 11.9. The van der Waals surface area contributed by atoms with Gasteiger partial charge in [0.25, 0.3) is 5.91 Å². The van der Waals surface area contributed by atoms with Gasteiger partial charge in [0.15, 0.2) is 0 Å². The Labute approximate surface area is 141 Å². The lowest BCUT2D eigenvalue weighted by atomic mass is 10.1. The molecule has 1 aromatic carbocycles. The third kappa shape index (κ3) is 4.64. The molecule has 0 saturated carbocycles. The summed E-state index contributed by atoms with van der Waals surface area (Å²) in [5.74, 6) is 0.00140. The largest absolute Gasteiger partial charge is 0.347 e. The van der Waals surface area contributed by atoms with Crippen LogP contribution in [0.4, 0.5) is 0 Å². The average molecular weight is 329 g/mol. The molecule has 5 heteroatoms. The molecule has 1 saturated heterocycles. The van der Waals surface area contributed by atoms with Crippen LogP contribution in [0.3, 0.4) is 0 Å². The van der Waals surface area contributed by atoms with Crippen LogP contribution in [0.25, 0.3) is 0 Å². The van der Waals surface area contributed by atoms with Gasteiger partial charge in [0.05, 0.1) is 4.88 Å². The zero-order chi connectivity index (χ0) is 16.1. The molecule has 1 fully saturated rings. The number of benzene rings is 1. The lowest BCUT2D eigenvalue weighted by Gasteiger charge is -2.32. The highest BCUT2D eigenvalue weighted by molar-refractivity contribution is 7.12. The van der Waals surface area contributed by atoms with Gasteiger partial charge < -0.3 is 10.2 Å². The van der Waals surface area contributed by atoms with Gasteiger partial charge in [0.2, 0.25) is 0 Å². The van der Waals surface area contributed by atoms with E-state index in [2.05, 4.69) is 46.4 Å². The molecule has 1 N–H and O–H groups in total. The number of likely N-dealkylation sites (N-methyl/N-ethyl adjacent to an activating group) is 1. The molecule has 0 spiro atoms. The third-order valence-corrected chi connectivity index (χ3v) is 5.09. The number of amides is 1. The van der Waals surface area contributed by atoms with Crippen molar-refractivity contribution in [3.05, 3.63) is 57.8 Å². The molecule has 0 unspecified atom stereocenters. The predicted molar refractivity (Wildman–Crippen MR) is 94.7 cm³/mol. The Hall–Kier alpha value is -1.69. The Morgan fingerprint density at radius 2 is 1.78 bits per heavy atom. The van der Waals surface area contributed by atoms with Crippen LogP contribution in [-0.4, -0.2) is 48.9 Å². The Kier molecular flexibility index (Phi) is 5.43. The summed E-state index contributed by atoms with van der Waals surface area (Å²) >= 11 is 1.47. The number of piperazine rings is 1. The molecule has 0 radical (unpaired) electrons. The first-order valence-corrected chi connectivity index (χ1v) is 8.89. The fourth-order valence-corrected chi connectivity index (χ4v) is 3.34. The molecular formula is C18H23N3OS. The van der Waals surface area contributed by atoms with Gasteiger partial charge in [-0.25, -0.2) is 0 Å². The molecule has 1 aliphatic rings. The van der Waals surface area contributed by atoms with Crippen molar-refractivity contribution in [2.24, 2.45) is 0 Å². The van der Waals surface area contributed by atoms with Crippen molar-refractivity contribution in [1.82, 2.24) is 15.1 Å². The zero-order valence-corrected chi connectivity index (χ0v) is 14.3. The van der Waals surface area contributed by atoms with Crippen molar-refractivity contribution in [1.29, 1.82) is 0 Å². The van der Waals surface area contributed by atoms with Crippen molar-refractivity contribution >= 4 is 17.2 Å². The second-order valence-corrected chi connectivity index (χ2v) is 7.00. The number of hydrogen-bond acceptors (Lipinski definition) is 4. The summed E-state index contributed by atoms with van der Waals surface area (Å²) in [4.78, 5) is 17.5. The van der Waals surface area contributed by atoms with Crippen LogP contribution in [-0.2, 0) is 13.1 Å². The van der Waals surface area contributed by atoms with Crippen molar-refractivity contribution in [2.45, 2.75) is 13.1 Å². The number of nitrogens with zero attached hydrogens (tertiary/aromatic N) is 2. The first-order valence-electron chi connectivity index (χ1n) is 8.01. The van der Waals surface area contributed by atoms with E-state index in [1.54, 1.807) is 0 Å². The minimum atomic E-state index is 0.00140. The average Bonchev–Trinajstić information content (AvgIpc) is 3.11. The SMILES string of the molecule is CN1CCN(Cc2ccc(CNC(=O)c3cccs3)cc2)CC1. The van der Waals surface area contributed by atoms with Crippen molar-refractivity contribution in [3.8, 4) is 0 Å². The fraction of sp³-hybridized carbons (Fsp3) is 0.389. The highest BCUT2D eigenvalue weighted by Crippen LogP contribution is 2.11. The zero-order valence-electron chi connectivity index (χ0n) is 13.5. The maximum atomic E-state index is 11.9. The standard InChI is InChI=1S/C18H23N3OS/c1-20-8-10-21(11-9-20)14-16-6-4-15(5-7-16)13-19-18(22)17-3-2-12-23-17/h2-7,12H,8-11,13-14H2,1H3,(H,19,22). The van der Waals surface area contributed by atoms with E-state index in [-0.39, 0.29) is 5.91 Å². The third-order valence-electron chi connectivity index (χ3n) is 4.22. The van der Waals surface area contributed by atoms with Crippen LogP contribution in [0.1, 0.15) is 20.8 Å². The van der Waals surface area contributed by atoms with E-state index in [1.165, 1.54) is 16.9 Å². The second-order valence-electron chi connectivity index (χ2n) is 6.06. The van der Waals surface area contributed by atoms with Crippen molar-refractivity contribution in [2.75, 3.05) is 33.2 Å². The molecular weight excluding hydrogens is 306 g/mol. The lowest BCUT2D eigenvalue weighted by Crippen LogP contribution is -2.43. The molecule has 23 heavy (non-hydrogen) atoms. The second kappa shape index (κ2) is 7.73. The topological polar surface area (TPSA) is 35.6 Å². The molecule has 2 heterocycles. The number of hydrogen-bond donors (Lipinski definition) is 1. The van der Waals surface area contributed by atoms with Crippen LogP contribution in [0.5, 0.6) is 0 Å². The Morgan fingerprint density at radius 3 is 2.43 bits per heavy atom. The van der Waals surface area contributed by atoms with Crippen LogP contribution in [0.15, 0.2) is 41.8 Å². The summed E-state index contributed by atoms with van der Waals surface area (Å²) in [5.41, 5.74) is 2.47. The van der Waals surface area contributed by atoms with Gasteiger partial charge in [-0.2, -0.15) is 0 Å². The molecule has 3 rings (SSSR count). The number of carbonyl (C=O) groups is 1. The number of thiophene rings is 1. The molecule has 0 atom stereocenters. The molecule has 122 valence electrons. The first-order chi connectivity index (χ1) is 11.2. The molecule has 4 nitrogen and oxygen atoms in total. The van der Waals surface area contributed by atoms with E-state index in [0.29, 0.717) is 6.54 Å². The van der Waals surface area contributed by atoms with Crippen molar-refractivity contribution < 1.29 is 4.79 Å². The Morgan fingerprint density at radius 1 is 1.09 bits per heavy atom. The minimum Gasteiger partial charge on any atom is -0.347 e. The number of rotatable bonds is 5. The maximum Gasteiger partial charge on any atom is 0.261 e. The van der Waals surface area contributed by atoms with Gasteiger partial charge in [-0.15, -0.1) is 11.3 Å². The van der Waals surface area contributed by atoms with E-state index in [4.69, 9.17) is 0 Å². The Bertz CT molecular complexity index is 616. The van der Waals surface area contributed by atoms with E-state index in [9.17, 15) is 4.79 Å². The molecule has 2 aromatic rings. The summed E-state index contributed by atoms with van der Waals surface area (Å²) in [7, 11) is 2.18. The van der Waals surface area contributed by atoms with Gasteiger partial charge in [-0.3, -0.25) is 9.69 Å². The molecule has 1 aliphatic heterocycles. The first kappa shape index (κ1) is 16.2. The Balaban J connectivity index is 1.48.